The molecule has 0 aromatic heterocycles. The smallest absolute Gasteiger partial charge is 0.241 e. The van der Waals surface area contributed by atoms with E-state index in [1.165, 1.54) is 13.0 Å². The molecule has 196 valence electrons. The number of nitrogens with two attached hydrogens (primary N) is 1. The zero-order valence-electron chi connectivity index (χ0n) is 20.4. The van der Waals surface area contributed by atoms with E-state index in [2.05, 4.69) is 4.72 Å². The summed E-state index contributed by atoms with van der Waals surface area (Å²) in [6.07, 6.45) is 0.0830. The number of carbonyl (C=O) groups excluding carboxylic acids is 2. The molecule has 4 rings (SSSR count). The van der Waals surface area contributed by atoms with Gasteiger partial charge in [-0.05, 0) is 41.0 Å². The van der Waals surface area contributed by atoms with Crippen molar-refractivity contribution in [3.8, 4) is 0 Å². The lowest BCUT2D eigenvalue weighted by molar-refractivity contribution is -0.139. The number of amidine groups is 1. The van der Waals surface area contributed by atoms with E-state index in [4.69, 9.17) is 11.1 Å². The molecule has 11 heteroatoms. The van der Waals surface area contributed by atoms with E-state index in [1.54, 1.807) is 46.2 Å². The average Bonchev–Trinajstić information content (AvgIpc) is 2.87. The lowest BCUT2D eigenvalue weighted by Gasteiger charge is -2.36. The molecule has 0 aliphatic carbocycles. The molecule has 1 saturated heterocycles. The number of benzene rings is 3. The van der Waals surface area contributed by atoms with Crippen LogP contribution in [0, 0.1) is 5.41 Å². The van der Waals surface area contributed by atoms with Crippen molar-refractivity contribution < 1.29 is 18.0 Å². The van der Waals surface area contributed by atoms with Crippen molar-refractivity contribution in [2.75, 3.05) is 26.2 Å². The Labute approximate surface area is 222 Å². The van der Waals surface area contributed by atoms with E-state index in [9.17, 15) is 18.0 Å². The maximum Gasteiger partial charge on any atom is 0.241 e. The SMILES string of the molecule is CC(=O)N1CCN(C(=O)[C@H](Cc2cccc(C(=N)N)c2)NS(=O)(=O)c2ccc3ccccc3c2)CC1.Cl. The largest absolute Gasteiger partial charge is 0.384 e. The predicted octanol–water partition coefficient (Wildman–Crippen LogP) is 2.13. The Morgan fingerprint density at radius 3 is 2.24 bits per heavy atom. The number of carbonyl (C=O) groups is 2. The Kier molecular flexibility index (Phi) is 8.90. The van der Waals surface area contributed by atoms with E-state index in [0.717, 1.165) is 10.8 Å². The molecule has 2 amide bonds. The number of sulfonamides is 1. The van der Waals surface area contributed by atoms with Gasteiger partial charge in [-0.1, -0.05) is 48.5 Å². The Balaban J connectivity index is 0.00000380. The summed E-state index contributed by atoms with van der Waals surface area (Å²) >= 11 is 0. The molecular formula is C26H30ClN5O4S. The monoisotopic (exact) mass is 543 g/mol. The van der Waals surface area contributed by atoms with Crippen LogP contribution >= 0.6 is 12.4 Å². The lowest BCUT2D eigenvalue weighted by Crippen LogP contribution is -2.56. The normalized spacial score (nSPS) is 14.6. The molecule has 1 atom stereocenters. The standard InChI is InChI=1S/C26H29N5O4S.ClH/c1-18(32)30-11-13-31(14-12-30)26(33)24(16-19-5-4-8-22(15-19)25(27)28)29-36(34,35)23-10-9-20-6-2-3-7-21(20)17-23;/h2-10,15,17,24,29H,11-14,16H2,1H3,(H3,27,28);1H/t24-;/m0./s1. The van der Waals surface area contributed by atoms with E-state index < -0.39 is 16.1 Å². The van der Waals surface area contributed by atoms with Gasteiger partial charge in [0.15, 0.2) is 0 Å². The molecule has 1 fully saturated rings. The number of hydrogen-bond donors (Lipinski definition) is 3. The molecule has 0 spiro atoms. The van der Waals surface area contributed by atoms with Crippen molar-refractivity contribution in [2.24, 2.45) is 5.73 Å². The summed E-state index contributed by atoms with van der Waals surface area (Å²) in [4.78, 5) is 28.5. The Morgan fingerprint density at radius 2 is 1.59 bits per heavy atom. The second-order valence-corrected chi connectivity index (χ2v) is 10.5. The maximum absolute atomic E-state index is 13.5. The number of nitrogens with one attached hydrogen (secondary N) is 2. The molecule has 1 aliphatic rings. The third kappa shape index (κ3) is 6.65. The van der Waals surface area contributed by atoms with Gasteiger partial charge in [-0.2, -0.15) is 4.72 Å². The highest BCUT2D eigenvalue weighted by Crippen LogP contribution is 2.20. The molecule has 0 unspecified atom stereocenters. The van der Waals surface area contributed by atoms with E-state index in [-0.39, 0.29) is 41.4 Å². The molecule has 0 radical (unpaired) electrons. The van der Waals surface area contributed by atoms with Crippen molar-refractivity contribution in [3.05, 3.63) is 77.9 Å². The van der Waals surface area contributed by atoms with Gasteiger partial charge in [-0.15, -0.1) is 12.4 Å². The number of nitrogen functional groups attached to an aromatic ring is 1. The first kappa shape index (κ1) is 28.1. The molecule has 3 aromatic rings. The van der Waals surface area contributed by atoms with Crippen molar-refractivity contribution in [3.63, 3.8) is 0 Å². The molecule has 3 aromatic carbocycles. The van der Waals surface area contributed by atoms with Crippen LogP contribution in [0.15, 0.2) is 71.6 Å². The van der Waals surface area contributed by atoms with Crippen LogP contribution in [0.3, 0.4) is 0 Å². The van der Waals surface area contributed by atoms with Gasteiger partial charge in [-0.3, -0.25) is 15.0 Å². The van der Waals surface area contributed by atoms with Gasteiger partial charge < -0.3 is 15.5 Å². The highest BCUT2D eigenvalue weighted by Gasteiger charge is 2.32. The molecule has 1 aliphatic heterocycles. The third-order valence-electron chi connectivity index (χ3n) is 6.34. The van der Waals surface area contributed by atoms with Gasteiger partial charge in [0.2, 0.25) is 21.8 Å². The first-order valence-electron chi connectivity index (χ1n) is 11.6. The predicted molar refractivity (Wildman–Crippen MR) is 145 cm³/mol. The molecule has 37 heavy (non-hydrogen) atoms. The van der Waals surface area contributed by atoms with Crippen LogP contribution < -0.4 is 10.5 Å². The molecule has 0 saturated carbocycles. The molecule has 1 heterocycles. The van der Waals surface area contributed by atoms with Gasteiger partial charge in [-0.25, -0.2) is 8.42 Å². The first-order valence-corrected chi connectivity index (χ1v) is 13.1. The topological polar surface area (TPSA) is 137 Å². The highest BCUT2D eigenvalue weighted by atomic mass is 35.5. The fraction of sp³-hybridized carbons (Fsp3) is 0.269. The minimum Gasteiger partial charge on any atom is -0.384 e. The Bertz CT molecular complexity index is 1420. The van der Waals surface area contributed by atoms with Crippen molar-refractivity contribution in [1.29, 1.82) is 5.41 Å². The number of rotatable bonds is 7. The van der Waals surface area contributed by atoms with Crippen LogP contribution in [0.1, 0.15) is 18.1 Å². The number of hydrogen-bond acceptors (Lipinski definition) is 5. The maximum atomic E-state index is 13.5. The number of nitrogens with zero attached hydrogens (tertiary/aromatic N) is 2. The van der Waals surface area contributed by atoms with Crippen LogP contribution in [0.2, 0.25) is 0 Å². The van der Waals surface area contributed by atoms with Crippen LogP contribution in [0.25, 0.3) is 10.8 Å². The third-order valence-corrected chi connectivity index (χ3v) is 7.81. The van der Waals surface area contributed by atoms with Gasteiger partial charge in [0.05, 0.1) is 4.90 Å². The number of piperazine rings is 1. The molecular weight excluding hydrogens is 514 g/mol. The second kappa shape index (κ2) is 11.7. The number of fused-ring (bicyclic) bond motifs is 1. The minimum absolute atomic E-state index is 0. The van der Waals surface area contributed by atoms with Gasteiger partial charge in [0, 0.05) is 38.7 Å². The van der Waals surface area contributed by atoms with Crippen molar-refractivity contribution in [1.82, 2.24) is 14.5 Å². The summed E-state index contributed by atoms with van der Waals surface area (Å²) in [5, 5.41) is 9.38. The van der Waals surface area contributed by atoms with Crippen molar-refractivity contribution in [2.45, 2.75) is 24.3 Å². The number of amides is 2. The summed E-state index contributed by atoms with van der Waals surface area (Å²) in [7, 11) is -4.03. The fourth-order valence-corrected chi connectivity index (χ4v) is 5.56. The lowest BCUT2D eigenvalue weighted by atomic mass is 10.0. The van der Waals surface area contributed by atoms with Gasteiger partial charge in [0.25, 0.3) is 0 Å². The summed E-state index contributed by atoms with van der Waals surface area (Å²) in [6, 6.07) is 18.1. The number of halogens is 1. The van der Waals surface area contributed by atoms with Gasteiger partial charge >= 0.3 is 0 Å². The summed E-state index contributed by atoms with van der Waals surface area (Å²) in [5.41, 5.74) is 6.78. The molecule has 9 nitrogen and oxygen atoms in total. The second-order valence-electron chi connectivity index (χ2n) is 8.83. The van der Waals surface area contributed by atoms with Crippen molar-refractivity contribution >= 4 is 50.9 Å². The summed E-state index contributed by atoms with van der Waals surface area (Å²) in [6.45, 7) is 2.91. The minimum atomic E-state index is -4.03. The zero-order chi connectivity index (χ0) is 25.9. The van der Waals surface area contributed by atoms with E-state index in [1.807, 2.05) is 24.3 Å². The quantitative estimate of drug-likeness (QED) is 0.310. The Morgan fingerprint density at radius 1 is 0.946 bits per heavy atom. The van der Waals surface area contributed by atoms with E-state index in [0.29, 0.717) is 37.3 Å². The Hall–Kier alpha value is -3.47. The summed E-state index contributed by atoms with van der Waals surface area (Å²) < 4.78 is 29.4. The molecule has 0 bridgehead atoms. The van der Waals surface area contributed by atoms with E-state index >= 15 is 0 Å². The highest BCUT2D eigenvalue weighted by molar-refractivity contribution is 7.89. The van der Waals surface area contributed by atoms with Gasteiger partial charge in [0.1, 0.15) is 11.9 Å². The van der Waals surface area contributed by atoms with Crippen LogP contribution in [-0.2, 0) is 26.0 Å². The van der Waals surface area contributed by atoms with Crippen LogP contribution in [-0.4, -0.2) is 68.1 Å². The zero-order valence-corrected chi connectivity index (χ0v) is 22.0. The average molecular weight is 544 g/mol. The fourth-order valence-electron chi connectivity index (χ4n) is 4.33. The van der Waals surface area contributed by atoms with Crippen LogP contribution in [0.5, 0.6) is 0 Å². The summed E-state index contributed by atoms with van der Waals surface area (Å²) in [5.74, 6) is -0.538. The molecule has 4 N–H and O–H groups in total. The van der Waals surface area contributed by atoms with Crippen LogP contribution in [0.4, 0.5) is 0 Å². The first-order chi connectivity index (χ1) is 17.1.